The summed E-state index contributed by atoms with van der Waals surface area (Å²) in [6.45, 7) is 2.76. The van der Waals surface area contributed by atoms with E-state index in [4.69, 9.17) is 4.74 Å². The number of fused-ring (bicyclic) bond motifs is 1. The van der Waals surface area contributed by atoms with E-state index in [1.54, 1.807) is 18.4 Å². The molecule has 0 bridgehead atoms. The van der Waals surface area contributed by atoms with Gasteiger partial charge in [-0.05, 0) is 12.1 Å². The average molecular weight is 289 g/mol. The van der Waals surface area contributed by atoms with E-state index in [-0.39, 0.29) is 11.6 Å². The Hall–Kier alpha value is -1.92. The molecule has 0 radical (unpaired) electrons. The smallest absolute Gasteiger partial charge is 0.323 e. The molecule has 104 valence electrons. The average Bonchev–Trinajstić information content (AvgIpc) is 3.02. The van der Waals surface area contributed by atoms with Gasteiger partial charge in [0.1, 0.15) is 0 Å². The van der Waals surface area contributed by atoms with E-state index in [0.29, 0.717) is 6.61 Å². The molecule has 3 aromatic rings. The number of methoxy groups -OCH3 is 1. The Morgan fingerprint density at radius 3 is 2.95 bits per heavy atom. The molecule has 0 aliphatic heterocycles. The highest BCUT2D eigenvalue weighted by atomic mass is 32.1. The van der Waals surface area contributed by atoms with E-state index in [1.165, 1.54) is 0 Å². The highest BCUT2D eigenvalue weighted by molar-refractivity contribution is 7.10. The van der Waals surface area contributed by atoms with Gasteiger partial charge in [-0.15, -0.1) is 11.3 Å². The molecule has 1 aromatic carbocycles. The van der Waals surface area contributed by atoms with Crippen molar-refractivity contribution in [2.24, 2.45) is 0 Å². The minimum atomic E-state index is -0.190. The molecular weight excluding hydrogens is 274 g/mol. The van der Waals surface area contributed by atoms with Crippen molar-refractivity contribution in [2.45, 2.75) is 12.8 Å². The second-order valence-electron chi connectivity index (χ2n) is 4.77. The third kappa shape index (κ3) is 2.39. The maximum Gasteiger partial charge on any atom is 0.323 e. The molecule has 20 heavy (non-hydrogen) atoms. The SMILES string of the molecule is COC[C@H](C)c1nc(-c2ccc3[nH]c(=O)[nH]c3c2)cs1. The lowest BCUT2D eigenvalue weighted by Crippen LogP contribution is -2.01. The molecule has 2 N–H and O–H groups in total. The zero-order valence-corrected chi connectivity index (χ0v) is 12.1. The van der Waals surface area contributed by atoms with Gasteiger partial charge in [0.2, 0.25) is 0 Å². The van der Waals surface area contributed by atoms with Crippen molar-refractivity contribution >= 4 is 22.4 Å². The zero-order valence-electron chi connectivity index (χ0n) is 11.3. The number of hydrogen-bond donors (Lipinski definition) is 2. The molecule has 1 atom stereocenters. The van der Waals surface area contributed by atoms with Crippen LogP contribution >= 0.6 is 11.3 Å². The Morgan fingerprint density at radius 2 is 2.15 bits per heavy atom. The van der Waals surface area contributed by atoms with Crippen LogP contribution < -0.4 is 5.69 Å². The molecule has 6 heteroatoms. The third-order valence-corrected chi connectivity index (χ3v) is 4.25. The first-order valence-corrected chi connectivity index (χ1v) is 7.22. The number of hydrogen-bond acceptors (Lipinski definition) is 4. The van der Waals surface area contributed by atoms with Crippen LogP contribution in [-0.2, 0) is 4.74 Å². The number of rotatable bonds is 4. The maximum absolute atomic E-state index is 11.3. The highest BCUT2D eigenvalue weighted by Crippen LogP contribution is 2.27. The summed E-state index contributed by atoms with van der Waals surface area (Å²) >= 11 is 1.63. The van der Waals surface area contributed by atoms with Gasteiger partial charge in [-0.1, -0.05) is 13.0 Å². The molecule has 0 aliphatic carbocycles. The number of aromatic nitrogens is 3. The topological polar surface area (TPSA) is 70.8 Å². The summed E-state index contributed by atoms with van der Waals surface area (Å²) in [5.41, 5.74) is 3.34. The molecule has 0 saturated carbocycles. The Morgan fingerprint density at radius 1 is 1.35 bits per heavy atom. The summed E-state index contributed by atoms with van der Waals surface area (Å²) in [6, 6.07) is 5.79. The van der Waals surface area contributed by atoms with E-state index in [9.17, 15) is 4.79 Å². The Bertz CT molecular complexity index is 787. The standard InChI is InChI=1S/C14H15N3O2S/c1-8(6-19-2)13-15-12(7-20-13)9-3-4-10-11(5-9)17-14(18)16-10/h3-5,7-8H,6H2,1-2H3,(H2,16,17,18)/t8-/m0/s1. The van der Waals surface area contributed by atoms with Crippen molar-refractivity contribution in [1.29, 1.82) is 0 Å². The lowest BCUT2D eigenvalue weighted by atomic mass is 10.1. The number of imidazole rings is 1. The molecule has 0 unspecified atom stereocenters. The highest BCUT2D eigenvalue weighted by Gasteiger charge is 2.12. The summed E-state index contributed by atoms with van der Waals surface area (Å²) in [6.07, 6.45) is 0. The Balaban J connectivity index is 1.96. The lowest BCUT2D eigenvalue weighted by molar-refractivity contribution is 0.184. The van der Waals surface area contributed by atoms with Crippen molar-refractivity contribution in [3.05, 3.63) is 39.1 Å². The number of benzene rings is 1. The van der Waals surface area contributed by atoms with Gasteiger partial charge >= 0.3 is 5.69 Å². The van der Waals surface area contributed by atoms with Crippen LogP contribution in [0.25, 0.3) is 22.3 Å². The first-order chi connectivity index (χ1) is 9.67. The molecule has 0 fully saturated rings. The summed E-state index contributed by atoms with van der Waals surface area (Å²) in [7, 11) is 1.70. The molecule has 3 rings (SSSR count). The van der Waals surface area contributed by atoms with Gasteiger partial charge in [-0.25, -0.2) is 9.78 Å². The van der Waals surface area contributed by atoms with Gasteiger partial charge in [0.15, 0.2) is 0 Å². The maximum atomic E-state index is 11.3. The van der Waals surface area contributed by atoms with Crippen LogP contribution in [0, 0.1) is 0 Å². The first-order valence-electron chi connectivity index (χ1n) is 6.34. The molecular formula is C14H15N3O2S. The fourth-order valence-electron chi connectivity index (χ4n) is 2.16. The zero-order chi connectivity index (χ0) is 14.1. The summed E-state index contributed by atoms with van der Waals surface area (Å²) < 4.78 is 5.16. The van der Waals surface area contributed by atoms with Crippen LogP contribution in [0.3, 0.4) is 0 Å². The van der Waals surface area contributed by atoms with Crippen molar-refractivity contribution in [2.75, 3.05) is 13.7 Å². The summed E-state index contributed by atoms with van der Waals surface area (Å²) in [5, 5.41) is 3.09. The van der Waals surface area contributed by atoms with Gasteiger partial charge in [-0.2, -0.15) is 0 Å². The minimum Gasteiger partial charge on any atom is -0.384 e. The van der Waals surface area contributed by atoms with Crippen LogP contribution in [0.2, 0.25) is 0 Å². The first kappa shape index (κ1) is 13.1. The summed E-state index contributed by atoms with van der Waals surface area (Å²) in [5.74, 6) is 0.287. The number of H-pyrrole nitrogens is 2. The van der Waals surface area contributed by atoms with E-state index in [2.05, 4.69) is 21.9 Å². The van der Waals surface area contributed by atoms with Crippen molar-refractivity contribution in [3.63, 3.8) is 0 Å². The predicted octanol–water partition coefficient (Wildman–Crippen LogP) is 2.73. The fourth-order valence-corrected chi connectivity index (χ4v) is 3.03. The van der Waals surface area contributed by atoms with Gasteiger partial charge in [0, 0.05) is 24.0 Å². The van der Waals surface area contributed by atoms with E-state index in [0.717, 1.165) is 27.3 Å². The second kappa shape index (κ2) is 5.22. The third-order valence-electron chi connectivity index (χ3n) is 3.17. The second-order valence-corrected chi connectivity index (χ2v) is 5.66. The molecule has 0 aliphatic rings. The van der Waals surface area contributed by atoms with Gasteiger partial charge in [0.05, 0.1) is 28.3 Å². The van der Waals surface area contributed by atoms with Crippen LogP contribution in [0.5, 0.6) is 0 Å². The van der Waals surface area contributed by atoms with Crippen LogP contribution in [-0.4, -0.2) is 28.7 Å². The quantitative estimate of drug-likeness (QED) is 0.775. The van der Waals surface area contributed by atoms with Crippen LogP contribution in [0.15, 0.2) is 28.4 Å². The normalized spacial score (nSPS) is 12.9. The largest absolute Gasteiger partial charge is 0.384 e. The molecule has 0 saturated heterocycles. The molecule has 5 nitrogen and oxygen atoms in total. The monoisotopic (exact) mass is 289 g/mol. The molecule has 2 heterocycles. The number of nitrogens with one attached hydrogen (secondary N) is 2. The number of ether oxygens (including phenoxy) is 1. The minimum absolute atomic E-state index is 0.190. The van der Waals surface area contributed by atoms with Crippen LogP contribution in [0.4, 0.5) is 0 Å². The summed E-state index contributed by atoms with van der Waals surface area (Å²) in [4.78, 5) is 21.4. The van der Waals surface area contributed by atoms with Gasteiger partial charge in [-0.3, -0.25) is 0 Å². The molecule has 0 amide bonds. The lowest BCUT2D eigenvalue weighted by Gasteiger charge is -2.05. The number of thiazole rings is 1. The van der Waals surface area contributed by atoms with Crippen LogP contribution in [0.1, 0.15) is 17.8 Å². The molecule has 0 spiro atoms. The van der Waals surface area contributed by atoms with Crippen molar-refractivity contribution < 1.29 is 4.74 Å². The Labute approximate surface area is 119 Å². The fraction of sp³-hybridized carbons (Fsp3) is 0.286. The predicted molar refractivity (Wildman–Crippen MR) is 80.3 cm³/mol. The van der Waals surface area contributed by atoms with E-state index in [1.807, 2.05) is 23.6 Å². The number of nitrogens with zero attached hydrogens (tertiary/aromatic N) is 1. The number of aromatic amines is 2. The Kier molecular flexibility index (Phi) is 3.42. The van der Waals surface area contributed by atoms with Gasteiger partial charge < -0.3 is 14.7 Å². The molecule has 2 aromatic heterocycles. The van der Waals surface area contributed by atoms with Gasteiger partial charge in [0.25, 0.3) is 0 Å². The van der Waals surface area contributed by atoms with Crippen molar-refractivity contribution in [1.82, 2.24) is 15.0 Å². The van der Waals surface area contributed by atoms with E-state index < -0.39 is 0 Å². The van der Waals surface area contributed by atoms with Crippen molar-refractivity contribution in [3.8, 4) is 11.3 Å². The van der Waals surface area contributed by atoms with E-state index >= 15 is 0 Å².